The number of nitrogens with zero attached hydrogens (tertiary/aromatic N) is 1. The number of aromatic nitrogens is 2. The Morgan fingerprint density at radius 2 is 2.55 bits per heavy atom. The Balaban J connectivity index is 3.10. The lowest BCUT2D eigenvalue weighted by Crippen LogP contribution is -2.12. The second kappa shape index (κ2) is 3.39. The first kappa shape index (κ1) is 8.07. The molecule has 11 heavy (non-hydrogen) atoms. The van der Waals surface area contributed by atoms with Crippen LogP contribution in [0.2, 0.25) is 0 Å². The van der Waals surface area contributed by atoms with Gasteiger partial charge in [0.2, 0.25) is 0 Å². The van der Waals surface area contributed by atoms with Crippen LogP contribution >= 0.6 is 11.6 Å². The zero-order valence-electron chi connectivity index (χ0n) is 5.93. The Morgan fingerprint density at radius 3 is 3.00 bits per heavy atom. The van der Waals surface area contributed by atoms with Gasteiger partial charge in [0, 0.05) is 6.20 Å². The number of ether oxygens (including phenoxy) is 1. The van der Waals surface area contributed by atoms with Crippen molar-refractivity contribution in [3.05, 3.63) is 22.1 Å². The number of halogens is 1. The maximum atomic E-state index is 11.0. The molecule has 0 bridgehead atoms. The molecule has 0 aliphatic rings. The van der Waals surface area contributed by atoms with Crippen LogP contribution < -0.4 is 10.3 Å². The van der Waals surface area contributed by atoms with Crippen LogP contribution in [0.4, 0.5) is 0 Å². The first-order valence-corrected chi connectivity index (χ1v) is 3.49. The number of hydrogen-bond donors (Lipinski definition) is 1. The van der Waals surface area contributed by atoms with Gasteiger partial charge in [0.05, 0.1) is 18.6 Å². The van der Waals surface area contributed by atoms with E-state index in [0.717, 1.165) is 0 Å². The van der Waals surface area contributed by atoms with Crippen LogP contribution in [0.1, 0.15) is 5.56 Å². The van der Waals surface area contributed by atoms with Gasteiger partial charge in [-0.3, -0.25) is 9.78 Å². The zero-order valence-corrected chi connectivity index (χ0v) is 6.68. The smallest absolute Gasteiger partial charge is 0.296 e. The van der Waals surface area contributed by atoms with E-state index in [-0.39, 0.29) is 17.4 Å². The third kappa shape index (κ3) is 1.71. The molecular formula is C6H7ClN2O2. The molecule has 0 amide bonds. The Kier molecular flexibility index (Phi) is 2.48. The minimum Gasteiger partial charge on any atom is -0.468 e. The van der Waals surface area contributed by atoms with Gasteiger partial charge in [-0.05, 0) is 0 Å². The Morgan fingerprint density at radius 1 is 1.82 bits per heavy atom. The van der Waals surface area contributed by atoms with Crippen molar-refractivity contribution in [3.8, 4) is 6.01 Å². The van der Waals surface area contributed by atoms with Gasteiger partial charge in [-0.1, -0.05) is 0 Å². The maximum absolute atomic E-state index is 11.0. The molecule has 1 heterocycles. The van der Waals surface area contributed by atoms with E-state index in [0.29, 0.717) is 5.56 Å². The van der Waals surface area contributed by atoms with Gasteiger partial charge < -0.3 is 4.74 Å². The van der Waals surface area contributed by atoms with E-state index in [1.807, 2.05) is 0 Å². The fraction of sp³-hybridized carbons (Fsp3) is 0.333. The minimum absolute atomic E-state index is 0.159. The van der Waals surface area contributed by atoms with Crippen molar-refractivity contribution in [2.45, 2.75) is 5.88 Å². The quantitative estimate of drug-likeness (QED) is 0.665. The summed E-state index contributed by atoms with van der Waals surface area (Å²) >= 11 is 5.43. The van der Waals surface area contributed by atoms with Gasteiger partial charge >= 0.3 is 0 Å². The van der Waals surface area contributed by atoms with E-state index in [2.05, 4.69) is 14.7 Å². The second-order valence-corrected chi connectivity index (χ2v) is 2.15. The highest BCUT2D eigenvalue weighted by Gasteiger charge is 1.99. The maximum Gasteiger partial charge on any atom is 0.296 e. The molecule has 0 aliphatic carbocycles. The first-order valence-electron chi connectivity index (χ1n) is 2.96. The standard InChI is InChI=1S/C6H7ClN2O2/c1-11-6-8-3-4(2-7)5(10)9-6/h3H,2H2,1H3,(H,8,9,10). The molecule has 4 nitrogen and oxygen atoms in total. The summed E-state index contributed by atoms with van der Waals surface area (Å²) < 4.78 is 4.68. The summed E-state index contributed by atoms with van der Waals surface area (Å²) in [5.41, 5.74) is 0.180. The molecule has 0 aliphatic heterocycles. The van der Waals surface area contributed by atoms with Crippen LogP contribution in [0.25, 0.3) is 0 Å². The van der Waals surface area contributed by atoms with E-state index in [1.54, 1.807) is 0 Å². The summed E-state index contributed by atoms with van der Waals surface area (Å²) in [5.74, 6) is 0.159. The summed E-state index contributed by atoms with van der Waals surface area (Å²) in [6, 6.07) is 0.198. The second-order valence-electron chi connectivity index (χ2n) is 1.88. The first-order chi connectivity index (χ1) is 5.27. The molecule has 0 atom stereocenters. The number of alkyl halides is 1. The molecule has 60 valence electrons. The number of nitrogens with one attached hydrogen (secondary N) is 1. The lowest BCUT2D eigenvalue weighted by Gasteiger charge is -1.97. The average molecular weight is 175 g/mol. The molecule has 0 fully saturated rings. The Labute approximate surface area is 68.2 Å². The highest BCUT2D eigenvalue weighted by molar-refractivity contribution is 6.17. The van der Waals surface area contributed by atoms with Gasteiger partial charge in [-0.15, -0.1) is 11.6 Å². The van der Waals surface area contributed by atoms with Crippen LogP contribution in [-0.2, 0) is 5.88 Å². The molecule has 1 aromatic rings. The van der Waals surface area contributed by atoms with Crippen LogP contribution in [0.15, 0.2) is 11.0 Å². The topological polar surface area (TPSA) is 55.0 Å². The highest BCUT2D eigenvalue weighted by atomic mass is 35.5. The SMILES string of the molecule is COc1ncc(CCl)c(=O)[nH]1. The number of H-pyrrole nitrogens is 1. The van der Waals surface area contributed by atoms with Gasteiger partial charge in [0.25, 0.3) is 11.6 Å². The summed E-state index contributed by atoms with van der Waals surface area (Å²) in [4.78, 5) is 17.1. The fourth-order valence-electron chi connectivity index (χ4n) is 0.604. The highest BCUT2D eigenvalue weighted by Crippen LogP contribution is 1.98. The third-order valence-corrected chi connectivity index (χ3v) is 1.48. The molecular weight excluding hydrogens is 168 g/mol. The minimum atomic E-state index is -0.258. The third-order valence-electron chi connectivity index (χ3n) is 1.19. The van der Waals surface area contributed by atoms with Gasteiger partial charge in [-0.2, -0.15) is 0 Å². The number of methoxy groups -OCH3 is 1. The largest absolute Gasteiger partial charge is 0.468 e. The number of hydrogen-bond acceptors (Lipinski definition) is 3. The van der Waals surface area contributed by atoms with Gasteiger partial charge in [0.15, 0.2) is 0 Å². The predicted octanol–water partition coefficient (Wildman–Crippen LogP) is 0.517. The molecule has 0 radical (unpaired) electrons. The van der Waals surface area contributed by atoms with E-state index >= 15 is 0 Å². The van der Waals surface area contributed by atoms with Crippen molar-refractivity contribution in [1.29, 1.82) is 0 Å². The van der Waals surface area contributed by atoms with Crippen molar-refractivity contribution in [3.63, 3.8) is 0 Å². The van der Waals surface area contributed by atoms with Crippen LogP contribution in [0.3, 0.4) is 0 Å². The Hall–Kier alpha value is -1.03. The van der Waals surface area contributed by atoms with Crippen LogP contribution in [0.5, 0.6) is 6.01 Å². The van der Waals surface area contributed by atoms with E-state index in [4.69, 9.17) is 11.6 Å². The number of aromatic amines is 1. The Bertz CT molecular complexity index is 297. The average Bonchev–Trinajstić information content (AvgIpc) is 2.04. The molecule has 1 aromatic heterocycles. The lowest BCUT2D eigenvalue weighted by molar-refractivity contribution is 0.378. The molecule has 5 heteroatoms. The molecule has 0 unspecified atom stereocenters. The summed E-state index contributed by atoms with van der Waals surface area (Å²) in [7, 11) is 1.43. The summed E-state index contributed by atoms with van der Waals surface area (Å²) in [5, 5.41) is 0. The van der Waals surface area contributed by atoms with E-state index < -0.39 is 0 Å². The van der Waals surface area contributed by atoms with Gasteiger partial charge in [-0.25, -0.2) is 4.98 Å². The normalized spacial score (nSPS) is 9.64. The summed E-state index contributed by atoms with van der Waals surface area (Å²) in [6.07, 6.45) is 1.39. The number of rotatable bonds is 2. The predicted molar refractivity (Wildman–Crippen MR) is 41.0 cm³/mol. The van der Waals surface area contributed by atoms with Crippen molar-refractivity contribution >= 4 is 11.6 Å². The molecule has 1 N–H and O–H groups in total. The lowest BCUT2D eigenvalue weighted by atomic mass is 10.4. The van der Waals surface area contributed by atoms with Crippen molar-refractivity contribution in [2.24, 2.45) is 0 Å². The molecule has 0 saturated carbocycles. The van der Waals surface area contributed by atoms with E-state index in [9.17, 15) is 4.79 Å². The molecule has 0 saturated heterocycles. The van der Waals surface area contributed by atoms with E-state index in [1.165, 1.54) is 13.3 Å². The van der Waals surface area contributed by atoms with Crippen molar-refractivity contribution in [2.75, 3.05) is 7.11 Å². The van der Waals surface area contributed by atoms with Crippen molar-refractivity contribution in [1.82, 2.24) is 9.97 Å². The zero-order chi connectivity index (χ0) is 8.27. The van der Waals surface area contributed by atoms with Gasteiger partial charge in [0.1, 0.15) is 0 Å². The monoisotopic (exact) mass is 174 g/mol. The molecule has 1 rings (SSSR count). The molecule has 0 aromatic carbocycles. The fourth-order valence-corrected chi connectivity index (χ4v) is 0.794. The molecule has 0 spiro atoms. The van der Waals surface area contributed by atoms with Crippen LogP contribution in [0, 0.1) is 0 Å². The van der Waals surface area contributed by atoms with Crippen molar-refractivity contribution < 1.29 is 4.74 Å². The van der Waals surface area contributed by atoms with Crippen LogP contribution in [-0.4, -0.2) is 17.1 Å². The summed E-state index contributed by atoms with van der Waals surface area (Å²) in [6.45, 7) is 0.